The molecule has 0 amide bonds. The first-order valence-electron chi connectivity index (χ1n) is 10.4. The van der Waals surface area contributed by atoms with Gasteiger partial charge in [-0.25, -0.2) is 4.68 Å². The highest BCUT2D eigenvalue weighted by Gasteiger charge is 2.31. The number of carbonyl (C=O) groups excluding carboxylic acids is 1. The van der Waals surface area contributed by atoms with Crippen LogP contribution in [0.5, 0.6) is 5.88 Å². The molecule has 0 bridgehead atoms. The van der Waals surface area contributed by atoms with Crippen molar-refractivity contribution in [3.63, 3.8) is 0 Å². The third-order valence-corrected chi connectivity index (χ3v) is 7.68. The van der Waals surface area contributed by atoms with Gasteiger partial charge in [-0.2, -0.15) is 13.5 Å². The molecule has 1 aromatic carbocycles. The minimum Gasteiger partial charge on any atom is -0.361 e. The zero-order valence-corrected chi connectivity index (χ0v) is 21.0. The molecule has 1 atom stereocenters. The Kier molecular flexibility index (Phi) is 7.76. The molecule has 0 fully saturated rings. The topological polar surface area (TPSA) is 78.3 Å². The summed E-state index contributed by atoms with van der Waals surface area (Å²) >= 11 is 6.45. The first kappa shape index (κ1) is 25.1. The zero-order valence-electron chi connectivity index (χ0n) is 19.5. The average Bonchev–Trinajstić information content (AvgIpc) is 3.00. The van der Waals surface area contributed by atoms with Crippen LogP contribution in [-0.2, 0) is 16.7 Å². The van der Waals surface area contributed by atoms with Crippen LogP contribution in [0.3, 0.4) is 0 Å². The van der Waals surface area contributed by atoms with Crippen LogP contribution in [0.2, 0.25) is 5.02 Å². The molecule has 8 heteroatoms. The Hall–Kier alpha value is -2.12. The molecule has 31 heavy (non-hydrogen) atoms. The van der Waals surface area contributed by atoms with Crippen LogP contribution < -0.4 is 4.18 Å². The van der Waals surface area contributed by atoms with Crippen molar-refractivity contribution >= 4 is 33.1 Å². The van der Waals surface area contributed by atoms with Crippen LogP contribution in [0.4, 0.5) is 0 Å². The minimum absolute atomic E-state index is 0.0415. The van der Waals surface area contributed by atoms with E-state index in [0.717, 1.165) is 22.3 Å². The molecule has 1 aromatic heterocycles. The van der Waals surface area contributed by atoms with Crippen molar-refractivity contribution in [3.8, 4) is 5.88 Å². The van der Waals surface area contributed by atoms with Crippen molar-refractivity contribution in [2.45, 2.75) is 73.6 Å². The van der Waals surface area contributed by atoms with Gasteiger partial charge in [-0.15, -0.1) is 0 Å². The number of carbonyl (C=O) groups is 1. The van der Waals surface area contributed by atoms with Crippen LogP contribution in [0.15, 0.2) is 17.7 Å². The minimum atomic E-state index is -3.91. The molecule has 0 aliphatic carbocycles. The molecule has 0 saturated heterocycles. The summed E-state index contributed by atoms with van der Waals surface area (Å²) in [6.45, 7) is 15.0. The van der Waals surface area contributed by atoms with E-state index in [2.05, 4.69) is 5.10 Å². The largest absolute Gasteiger partial charge is 0.361 e. The third kappa shape index (κ3) is 4.88. The number of allylic oxidation sites excluding steroid dienone is 2. The van der Waals surface area contributed by atoms with E-state index in [1.807, 2.05) is 34.6 Å². The number of halogens is 1. The molecule has 0 aliphatic heterocycles. The lowest BCUT2D eigenvalue weighted by Gasteiger charge is -2.16. The first-order chi connectivity index (χ1) is 14.4. The standard InChI is InChI=1S/C23H31ClN2O4S/c1-9-14(5)31(28,29)30-23-21(17(8)25-26(23)10-2)22(27)18-11-12-19(24)20(16(18)7)15(6)13(3)4/h11-12,14H,9-10H2,1-8H3. The highest BCUT2D eigenvalue weighted by molar-refractivity contribution is 7.87. The van der Waals surface area contributed by atoms with Crippen molar-refractivity contribution < 1.29 is 17.4 Å². The van der Waals surface area contributed by atoms with Crippen molar-refractivity contribution in [2.24, 2.45) is 0 Å². The van der Waals surface area contributed by atoms with Gasteiger partial charge in [0.1, 0.15) is 5.56 Å². The number of ketones is 1. The summed E-state index contributed by atoms with van der Waals surface area (Å²) in [6, 6.07) is 3.36. The van der Waals surface area contributed by atoms with Gasteiger partial charge < -0.3 is 4.18 Å². The lowest BCUT2D eigenvalue weighted by molar-refractivity contribution is 0.103. The molecule has 0 spiro atoms. The Labute approximate surface area is 190 Å². The second-order valence-corrected chi connectivity index (χ2v) is 10.3. The molecule has 6 nitrogen and oxygen atoms in total. The van der Waals surface area contributed by atoms with E-state index in [4.69, 9.17) is 15.8 Å². The number of rotatable bonds is 8. The van der Waals surface area contributed by atoms with E-state index in [-0.39, 0.29) is 17.2 Å². The Balaban J connectivity index is 2.71. The fraction of sp³-hybridized carbons (Fsp3) is 0.478. The Morgan fingerprint density at radius 2 is 1.77 bits per heavy atom. The maximum Gasteiger partial charge on any atom is 0.313 e. The molecule has 2 aromatic rings. The second kappa shape index (κ2) is 9.57. The fourth-order valence-electron chi connectivity index (χ4n) is 3.29. The molecule has 0 saturated carbocycles. The highest BCUT2D eigenvalue weighted by Crippen LogP contribution is 2.34. The second-order valence-electron chi connectivity index (χ2n) is 7.93. The van der Waals surface area contributed by atoms with Crippen molar-refractivity contribution in [1.82, 2.24) is 9.78 Å². The van der Waals surface area contributed by atoms with E-state index in [9.17, 15) is 13.2 Å². The van der Waals surface area contributed by atoms with E-state index in [1.165, 1.54) is 4.68 Å². The van der Waals surface area contributed by atoms with Gasteiger partial charge in [0.05, 0.1) is 10.9 Å². The van der Waals surface area contributed by atoms with Crippen molar-refractivity contribution in [1.29, 1.82) is 0 Å². The van der Waals surface area contributed by atoms with E-state index < -0.39 is 15.4 Å². The first-order valence-corrected chi connectivity index (χ1v) is 12.2. The summed E-state index contributed by atoms with van der Waals surface area (Å²) in [5, 5.41) is 4.20. The molecule has 1 unspecified atom stereocenters. The number of aryl methyl sites for hydroxylation is 2. The number of hydrogen-bond donors (Lipinski definition) is 0. The average molecular weight is 467 g/mol. The molecule has 0 aliphatic rings. The van der Waals surface area contributed by atoms with Gasteiger partial charge in [0.15, 0.2) is 0 Å². The van der Waals surface area contributed by atoms with Crippen molar-refractivity contribution in [3.05, 3.63) is 50.7 Å². The zero-order chi connectivity index (χ0) is 23.7. The van der Waals surface area contributed by atoms with Gasteiger partial charge >= 0.3 is 10.1 Å². The Morgan fingerprint density at radius 1 is 1.16 bits per heavy atom. The molecular formula is C23H31ClN2O4S. The van der Waals surface area contributed by atoms with Crippen LogP contribution in [0, 0.1) is 13.8 Å². The lowest BCUT2D eigenvalue weighted by atomic mass is 9.91. The predicted molar refractivity (Wildman–Crippen MR) is 126 cm³/mol. The number of hydrogen-bond acceptors (Lipinski definition) is 5. The van der Waals surface area contributed by atoms with Gasteiger partial charge in [0.2, 0.25) is 11.7 Å². The quantitative estimate of drug-likeness (QED) is 0.367. The van der Waals surface area contributed by atoms with Crippen LogP contribution in [-0.4, -0.2) is 29.2 Å². The molecule has 1 heterocycles. The molecular weight excluding hydrogens is 436 g/mol. The van der Waals surface area contributed by atoms with Crippen LogP contribution in [0.25, 0.3) is 5.57 Å². The van der Waals surface area contributed by atoms with Gasteiger partial charge in [-0.1, -0.05) is 24.1 Å². The highest BCUT2D eigenvalue weighted by atomic mass is 35.5. The monoisotopic (exact) mass is 466 g/mol. The maximum atomic E-state index is 13.6. The smallest absolute Gasteiger partial charge is 0.313 e. The van der Waals surface area contributed by atoms with E-state index >= 15 is 0 Å². The SMILES string of the molecule is CCC(C)S(=O)(=O)Oc1c(C(=O)c2ccc(Cl)c(C(C)=C(C)C)c2C)c(C)nn1CC. The summed E-state index contributed by atoms with van der Waals surface area (Å²) in [5.41, 5.74) is 4.63. The molecule has 0 radical (unpaired) electrons. The van der Waals surface area contributed by atoms with Crippen molar-refractivity contribution in [2.75, 3.05) is 0 Å². The lowest BCUT2D eigenvalue weighted by Crippen LogP contribution is -2.24. The summed E-state index contributed by atoms with van der Waals surface area (Å²) < 4.78 is 32.2. The molecule has 0 N–H and O–H groups in total. The third-order valence-electron chi connectivity index (χ3n) is 5.65. The summed E-state index contributed by atoms with van der Waals surface area (Å²) in [5.74, 6) is -0.385. The summed E-state index contributed by atoms with van der Waals surface area (Å²) in [6.07, 6.45) is 0.395. The Bertz CT molecular complexity index is 1140. The predicted octanol–water partition coefficient (Wildman–Crippen LogP) is 5.72. The van der Waals surface area contributed by atoms with Crippen LogP contribution in [0.1, 0.15) is 80.7 Å². The maximum absolute atomic E-state index is 13.6. The summed E-state index contributed by atoms with van der Waals surface area (Å²) in [7, 11) is -3.91. The normalized spacial score (nSPS) is 12.5. The number of aromatic nitrogens is 2. The number of benzene rings is 1. The summed E-state index contributed by atoms with van der Waals surface area (Å²) in [4.78, 5) is 13.6. The van der Waals surface area contributed by atoms with Gasteiger partial charge in [-0.05, 0) is 83.7 Å². The van der Waals surface area contributed by atoms with E-state index in [1.54, 1.807) is 32.9 Å². The fourth-order valence-corrected chi connectivity index (χ4v) is 4.60. The number of nitrogens with zero attached hydrogens (tertiary/aromatic N) is 2. The van der Waals surface area contributed by atoms with E-state index in [0.29, 0.717) is 29.2 Å². The molecule has 2 rings (SSSR count). The van der Waals surface area contributed by atoms with Gasteiger partial charge in [0, 0.05) is 17.1 Å². The Morgan fingerprint density at radius 3 is 2.29 bits per heavy atom. The van der Waals surface area contributed by atoms with Gasteiger partial charge in [0.25, 0.3) is 0 Å². The van der Waals surface area contributed by atoms with Crippen LogP contribution >= 0.6 is 11.6 Å². The molecule has 170 valence electrons. The van der Waals surface area contributed by atoms with Gasteiger partial charge in [-0.3, -0.25) is 4.79 Å².